The van der Waals surface area contributed by atoms with Gasteiger partial charge in [0.15, 0.2) is 0 Å². The van der Waals surface area contributed by atoms with Crippen LogP contribution in [0.2, 0.25) is 0 Å². The first-order valence-corrected chi connectivity index (χ1v) is 9.57. The number of nitrogens with one attached hydrogen (secondary N) is 1. The van der Waals surface area contributed by atoms with Crippen LogP contribution in [0.5, 0.6) is 0 Å². The number of rotatable bonds is 5. The molecule has 4 rings (SSSR count). The molecule has 6 nitrogen and oxygen atoms in total. The second-order valence-electron chi connectivity index (χ2n) is 7.16. The van der Waals surface area contributed by atoms with Crippen molar-refractivity contribution in [1.82, 2.24) is 19.7 Å². The van der Waals surface area contributed by atoms with Crippen LogP contribution in [0, 0.1) is 0 Å². The number of benzene rings is 2. The van der Waals surface area contributed by atoms with Gasteiger partial charge in [-0.3, -0.25) is 9.69 Å². The first-order chi connectivity index (χ1) is 14.4. The summed E-state index contributed by atoms with van der Waals surface area (Å²) in [4.78, 5) is 18.6. The van der Waals surface area contributed by atoms with Crippen LogP contribution >= 0.6 is 0 Å². The van der Waals surface area contributed by atoms with Gasteiger partial charge in [0.05, 0.1) is 23.5 Å². The Balaban J connectivity index is 1.55. The second kappa shape index (κ2) is 8.27. The average molecular weight is 415 g/mol. The van der Waals surface area contributed by atoms with Gasteiger partial charge in [0, 0.05) is 6.04 Å². The third kappa shape index (κ3) is 4.35. The molecule has 0 radical (unpaired) electrons. The van der Waals surface area contributed by atoms with Gasteiger partial charge in [-0.25, -0.2) is 9.67 Å². The normalized spacial score (nSPS) is 17.2. The zero-order chi connectivity index (χ0) is 21.1. The van der Waals surface area contributed by atoms with E-state index in [0.29, 0.717) is 5.69 Å². The van der Waals surface area contributed by atoms with E-state index in [0.717, 1.165) is 37.1 Å². The smallest absolute Gasteiger partial charge is 0.323 e. The van der Waals surface area contributed by atoms with Gasteiger partial charge < -0.3 is 5.32 Å². The van der Waals surface area contributed by atoms with Gasteiger partial charge in [0.25, 0.3) is 0 Å². The van der Waals surface area contributed by atoms with Crippen LogP contribution in [0.4, 0.5) is 18.9 Å². The van der Waals surface area contributed by atoms with Gasteiger partial charge in [0.2, 0.25) is 5.91 Å². The van der Waals surface area contributed by atoms with Gasteiger partial charge in [-0.1, -0.05) is 30.3 Å². The zero-order valence-electron chi connectivity index (χ0n) is 16.0. The molecule has 1 saturated heterocycles. The van der Waals surface area contributed by atoms with Crippen molar-refractivity contribution in [3.8, 4) is 5.69 Å². The lowest BCUT2D eigenvalue weighted by Gasteiger charge is -2.24. The van der Waals surface area contributed by atoms with Gasteiger partial charge >= 0.3 is 6.18 Å². The topological polar surface area (TPSA) is 63.1 Å². The van der Waals surface area contributed by atoms with E-state index >= 15 is 0 Å². The molecule has 1 amide bonds. The highest BCUT2D eigenvalue weighted by molar-refractivity contribution is 5.94. The van der Waals surface area contributed by atoms with Crippen LogP contribution in [0.3, 0.4) is 0 Å². The number of likely N-dealkylation sites (tertiary alicyclic amines) is 1. The molecule has 1 N–H and O–H groups in total. The van der Waals surface area contributed by atoms with Crippen molar-refractivity contribution in [1.29, 1.82) is 0 Å². The minimum absolute atomic E-state index is 0.0378. The quantitative estimate of drug-likeness (QED) is 0.683. The number of carbonyl (C=O) groups excluding carboxylic acids is 1. The number of nitrogens with zero attached hydrogens (tertiary/aromatic N) is 4. The zero-order valence-corrected chi connectivity index (χ0v) is 16.0. The highest BCUT2D eigenvalue weighted by atomic mass is 19.4. The number of hydrogen-bond acceptors (Lipinski definition) is 4. The summed E-state index contributed by atoms with van der Waals surface area (Å²) in [6.07, 6.45) is 0.0154. The minimum Gasteiger partial charge on any atom is -0.323 e. The van der Waals surface area contributed by atoms with Crippen molar-refractivity contribution < 1.29 is 18.0 Å². The lowest BCUT2D eigenvalue weighted by atomic mass is 10.0. The fourth-order valence-electron chi connectivity index (χ4n) is 3.79. The molecule has 0 spiro atoms. The molecule has 1 fully saturated rings. The molecule has 0 aliphatic carbocycles. The lowest BCUT2D eigenvalue weighted by molar-refractivity contribution is -0.137. The molecule has 3 aromatic rings. The molecule has 1 atom stereocenters. The molecule has 9 heteroatoms. The van der Waals surface area contributed by atoms with E-state index in [-0.39, 0.29) is 24.2 Å². The Hall–Kier alpha value is -3.20. The summed E-state index contributed by atoms with van der Waals surface area (Å²) in [6.45, 7) is 0.845. The van der Waals surface area contributed by atoms with Crippen molar-refractivity contribution >= 4 is 11.6 Å². The van der Waals surface area contributed by atoms with Crippen molar-refractivity contribution in [3.05, 3.63) is 72.3 Å². The molecular weight excluding hydrogens is 395 g/mol. The highest BCUT2D eigenvalue weighted by Crippen LogP contribution is 2.34. The Kier molecular flexibility index (Phi) is 5.54. The van der Waals surface area contributed by atoms with Crippen LogP contribution in [0.1, 0.15) is 30.0 Å². The van der Waals surface area contributed by atoms with E-state index < -0.39 is 11.7 Å². The van der Waals surface area contributed by atoms with E-state index in [9.17, 15) is 18.0 Å². The Morgan fingerprint density at radius 3 is 2.67 bits per heavy atom. The Morgan fingerprint density at radius 1 is 1.17 bits per heavy atom. The van der Waals surface area contributed by atoms with E-state index in [2.05, 4.69) is 15.4 Å². The first-order valence-electron chi connectivity index (χ1n) is 9.57. The summed E-state index contributed by atoms with van der Waals surface area (Å²) in [7, 11) is 0. The third-order valence-electron chi connectivity index (χ3n) is 5.16. The largest absolute Gasteiger partial charge is 0.416 e. The summed E-state index contributed by atoms with van der Waals surface area (Å²) in [6, 6.07) is 13.2. The maximum Gasteiger partial charge on any atom is 0.416 e. The number of carbonyl (C=O) groups is 1. The predicted octanol–water partition coefficient (Wildman–Crippen LogP) is 4.06. The summed E-state index contributed by atoms with van der Waals surface area (Å²) < 4.78 is 40.9. The van der Waals surface area contributed by atoms with Gasteiger partial charge in [-0.05, 0) is 43.1 Å². The molecule has 0 saturated carbocycles. The number of hydrogen-bond donors (Lipinski definition) is 1. The minimum atomic E-state index is -4.52. The van der Waals surface area contributed by atoms with E-state index in [1.807, 2.05) is 35.2 Å². The average Bonchev–Trinajstić information content (AvgIpc) is 3.40. The molecule has 2 heterocycles. The van der Waals surface area contributed by atoms with E-state index in [1.165, 1.54) is 23.4 Å². The SMILES string of the molecule is O=C(CN1CCCC1c1ccccc1)Nc1cc(C(F)(F)F)ccc1-n1cncn1. The van der Waals surface area contributed by atoms with Crippen molar-refractivity contribution in [2.24, 2.45) is 0 Å². The van der Waals surface area contributed by atoms with E-state index in [1.54, 1.807) is 0 Å². The highest BCUT2D eigenvalue weighted by Gasteiger charge is 2.32. The third-order valence-corrected chi connectivity index (χ3v) is 5.16. The van der Waals surface area contributed by atoms with Crippen molar-refractivity contribution in [2.75, 3.05) is 18.4 Å². The van der Waals surface area contributed by atoms with Crippen LogP contribution in [-0.4, -0.2) is 38.7 Å². The summed E-state index contributed by atoms with van der Waals surface area (Å²) in [5.41, 5.74) is 0.640. The monoisotopic (exact) mass is 415 g/mol. The van der Waals surface area contributed by atoms with Crippen LogP contribution in [-0.2, 0) is 11.0 Å². The lowest BCUT2D eigenvalue weighted by Crippen LogP contribution is -2.33. The molecule has 2 aromatic carbocycles. The maximum atomic E-state index is 13.2. The first kappa shape index (κ1) is 20.1. The van der Waals surface area contributed by atoms with Crippen molar-refractivity contribution in [2.45, 2.75) is 25.1 Å². The molecule has 30 heavy (non-hydrogen) atoms. The molecule has 1 aliphatic rings. The van der Waals surface area contributed by atoms with Crippen LogP contribution in [0.15, 0.2) is 61.2 Å². The Bertz CT molecular complexity index is 1010. The molecule has 1 aliphatic heterocycles. The van der Waals surface area contributed by atoms with E-state index in [4.69, 9.17) is 0 Å². The number of amides is 1. The number of halogens is 3. The number of alkyl halides is 3. The number of anilines is 1. The fourth-order valence-corrected chi connectivity index (χ4v) is 3.79. The summed E-state index contributed by atoms with van der Waals surface area (Å²) in [5, 5.41) is 6.60. The van der Waals surface area contributed by atoms with Gasteiger partial charge in [0.1, 0.15) is 12.7 Å². The Labute approximate surface area is 171 Å². The number of aromatic nitrogens is 3. The molecule has 1 unspecified atom stereocenters. The fraction of sp³-hybridized carbons (Fsp3) is 0.286. The summed E-state index contributed by atoms with van der Waals surface area (Å²) in [5.74, 6) is -0.376. The molecule has 156 valence electrons. The molecule has 0 bridgehead atoms. The molecule has 1 aromatic heterocycles. The van der Waals surface area contributed by atoms with Crippen molar-refractivity contribution in [3.63, 3.8) is 0 Å². The van der Waals surface area contributed by atoms with Crippen LogP contribution in [0.25, 0.3) is 5.69 Å². The van der Waals surface area contributed by atoms with Crippen LogP contribution < -0.4 is 5.32 Å². The predicted molar refractivity (Wildman–Crippen MR) is 105 cm³/mol. The standard InChI is InChI=1S/C21H20F3N5O/c22-21(23,24)16-8-9-19(29-14-25-13-26-29)17(11-16)27-20(30)12-28-10-4-7-18(28)15-5-2-1-3-6-15/h1-3,5-6,8-9,11,13-14,18H,4,7,10,12H2,(H,27,30). The Morgan fingerprint density at radius 2 is 1.97 bits per heavy atom. The second-order valence-corrected chi connectivity index (χ2v) is 7.16. The molecular formula is C21H20F3N5O. The summed E-state index contributed by atoms with van der Waals surface area (Å²) >= 11 is 0. The van der Waals surface area contributed by atoms with Gasteiger partial charge in [-0.15, -0.1) is 0 Å². The van der Waals surface area contributed by atoms with Gasteiger partial charge in [-0.2, -0.15) is 18.3 Å². The maximum absolute atomic E-state index is 13.2.